The fourth-order valence-electron chi connectivity index (χ4n) is 5.15. The van der Waals surface area contributed by atoms with Gasteiger partial charge in [-0.25, -0.2) is 13.4 Å². The van der Waals surface area contributed by atoms with Crippen LogP contribution in [0, 0.1) is 25.7 Å². The maximum absolute atomic E-state index is 13.8. The van der Waals surface area contributed by atoms with Crippen LogP contribution in [0.15, 0.2) is 71.6 Å². The molecule has 1 aliphatic rings. The Morgan fingerprint density at radius 1 is 0.974 bits per heavy atom. The first kappa shape index (κ1) is 26.5. The van der Waals surface area contributed by atoms with Crippen LogP contribution in [0.3, 0.4) is 0 Å². The largest absolute Gasteiger partial charge is 0.279 e. The smallest absolute Gasteiger partial charge is 0.260 e. The number of thiazole rings is 1. The molecule has 38 heavy (non-hydrogen) atoms. The number of carbonyl (C=O) groups excluding carboxylic acids is 1. The van der Waals surface area contributed by atoms with E-state index in [9.17, 15) is 13.2 Å². The van der Waals surface area contributed by atoms with Gasteiger partial charge in [-0.3, -0.25) is 9.69 Å². The van der Waals surface area contributed by atoms with Crippen LogP contribution in [0.25, 0.3) is 10.2 Å². The first-order valence-corrected chi connectivity index (χ1v) is 15.2. The molecular formula is C30H33N3O3S2. The number of amides is 1. The summed E-state index contributed by atoms with van der Waals surface area (Å²) in [6.45, 7) is 9.71. The zero-order chi connectivity index (χ0) is 27.0. The number of fused-ring (bicyclic) bond motifs is 1. The number of sulfonamides is 1. The molecule has 198 valence electrons. The highest BCUT2D eigenvalue weighted by Gasteiger charge is 2.32. The first-order valence-electron chi connectivity index (χ1n) is 13.0. The zero-order valence-corrected chi connectivity index (χ0v) is 23.8. The monoisotopic (exact) mass is 547 g/mol. The van der Waals surface area contributed by atoms with Crippen molar-refractivity contribution in [2.75, 3.05) is 18.0 Å². The van der Waals surface area contributed by atoms with Crippen LogP contribution in [0.1, 0.15) is 47.3 Å². The topological polar surface area (TPSA) is 70.6 Å². The van der Waals surface area contributed by atoms with Gasteiger partial charge in [0.2, 0.25) is 10.0 Å². The van der Waals surface area contributed by atoms with Crippen LogP contribution in [0.5, 0.6) is 0 Å². The summed E-state index contributed by atoms with van der Waals surface area (Å²) in [5, 5.41) is 0.617. The minimum atomic E-state index is -3.62. The Balaban J connectivity index is 1.46. The second kappa shape index (κ2) is 10.6. The highest BCUT2D eigenvalue weighted by Crippen LogP contribution is 2.33. The fraction of sp³-hybridized carbons (Fsp3) is 0.333. The quantitative estimate of drug-likeness (QED) is 0.279. The third kappa shape index (κ3) is 5.39. The van der Waals surface area contributed by atoms with Crippen LogP contribution < -0.4 is 4.90 Å². The summed E-state index contributed by atoms with van der Waals surface area (Å²) in [6.07, 6.45) is 1.03. The minimum Gasteiger partial charge on any atom is -0.279 e. The summed E-state index contributed by atoms with van der Waals surface area (Å²) in [5.41, 5.74) is 4.62. The molecule has 1 aliphatic heterocycles. The number of carbonyl (C=O) groups is 1. The normalized spacial score (nSPS) is 18.5. The van der Waals surface area contributed by atoms with Crippen molar-refractivity contribution in [2.24, 2.45) is 11.8 Å². The fourth-order valence-corrected chi connectivity index (χ4v) is 7.87. The van der Waals surface area contributed by atoms with Gasteiger partial charge >= 0.3 is 0 Å². The maximum Gasteiger partial charge on any atom is 0.260 e. The van der Waals surface area contributed by atoms with Gasteiger partial charge in [0, 0.05) is 18.7 Å². The number of anilines is 1. The predicted molar refractivity (Wildman–Crippen MR) is 154 cm³/mol. The number of benzene rings is 3. The lowest BCUT2D eigenvalue weighted by Crippen LogP contribution is -2.42. The van der Waals surface area contributed by atoms with E-state index in [1.807, 2.05) is 30.3 Å². The molecule has 0 radical (unpaired) electrons. The highest BCUT2D eigenvalue weighted by molar-refractivity contribution is 7.89. The number of aryl methyl sites for hydroxylation is 2. The Morgan fingerprint density at radius 2 is 1.61 bits per heavy atom. The van der Waals surface area contributed by atoms with Crippen LogP contribution in [-0.2, 0) is 16.6 Å². The standard InChI is InChI=1S/C30H33N3O3S2/c1-20-14-21(2)18-32(17-20)38(35,36)26-12-10-25(11-13-26)29(34)33(19-24-8-6-5-7-9-24)30-31-27-15-22(3)23(4)16-28(27)37-30/h5-13,15-16,20-21H,14,17-19H2,1-4H3. The SMILES string of the molecule is Cc1cc2nc(N(Cc3ccccc3)C(=O)c3ccc(S(=O)(=O)N4CC(C)CC(C)C4)cc3)sc2cc1C. The number of hydrogen-bond donors (Lipinski definition) is 0. The molecule has 1 amide bonds. The molecule has 2 heterocycles. The average molecular weight is 548 g/mol. The summed E-state index contributed by atoms with van der Waals surface area (Å²) in [7, 11) is -3.62. The summed E-state index contributed by atoms with van der Waals surface area (Å²) in [4.78, 5) is 20.6. The zero-order valence-electron chi connectivity index (χ0n) is 22.2. The van der Waals surface area contributed by atoms with Gasteiger partial charge in [-0.05, 0) is 85.2 Å². The third-order valence-electron chi connectivity index (χ3n) is 7.23. The van der Waals surface area contributed by atoms with Gasteiger partial charge in [-0.2, -0.15) is 4.31 Å². The van der Waals surface area contributed by atoms with E-state index >= 15 is 0 Å². The van der Waals surface area contributed by atoms with E-state index in [0.717, 1.165) is 27.8 Å². The van der Waals surface area contributed by atoms with Crippen molar-refractivity contribution in [2.45, 2.75) is 45.6 Å². The Bertz CT molecular complexity index is 1510. The molecule has 0 aliphatic carbocycles. The summed E-state index contributed by atoms with van der Waals surface area (Å²) < 4.78 is 29.3. The lowest BCUT2D eigenvalue weighted by atomic mass is 9.94. The molecule has 3 aromatic carbocycles. The molecule has 8 heteroatoms. The van der Waals surface area contributed by atoms with Gasteiger partial charge in [-0.1, -0.05) is 55.5 Å². The van der Waals surface area contributed by atoms with E-state index in [4.69, 9.17) is 4.98 Å². The molecule has 5 rings (SSSR count). The average Bonchev–Trinajstić information content (AvgIpc) is 3.29. The molecular weight excluding hydrogens is 514 g/mol. The maximum atomic E-state index is 13.8. The van der Waals surface area contributed by atoms with Crippen molar-refractivity contribution >= 4 is 42.6 Å². The van der Waals surface area contributed by atoms with Crippen molar-refractivity contribution in [3.8, 4) is 0 Å². The molecule has 0 spiro atoms. The third-order valence-corrected chi connectivity index (χ3v) is 10.1. The van der Waals surface area contributed by atoms with Gasteiger partial charge < -0.3 is 0 Å². The summed E-state index contributed by atoms with van der Waals surface area (Å²) in [6, 6.07) is 20.3. The second-order valence-electron chi connectivity index (χ2n) is 10.6. The Morgan fingerprint density at radius 3 is 2.26 bits per heavy atom. The number of nitrogens with zero attached hydrogens (tertiary/aromatic N) is 3. The number of piperidine rings is 1. The summed E-state index contributed by atoms with van der Waals surface area (Å²) in [5.74, 6) is 0.426. The van der Waals surface area contributed by atoms with E-state index in [2.05, 4.69) is 39.8 Å². The predicted octanol–water partition coefficient (Wildman–Crippen LogP) is 6.43. The molecule has 4 aromatic rings. The molecule has 6 nitrogen and oxygen atoms in total. The molecule has 2 unspecified atom stereocenters. The van der Waals surface area contributed by atoms with Crippen LogP contribution in [0.4, 0.5) is 5.13 Å². The van der Waals surface area contributed by atoms with Gasteiger partial charge in [0.25, 0.3) is 5.91 Å². The van der Waals surface area contributed by atoms with E-state index in [-0.39, 0.29) is 10.8 Å². The molecule has 0 N–H and O–H groups in total. The summed E-state index contributed by atoms with van der Waals surface area (Å²) >= 11 is 1.49. The second-order valence-corrected chi connectivity index (χ2v) is 13.5. The molecule has 1 fully saturated rings. The number of rotatable bonds is 6. The minimum absolute atomic E-state index is 0.217. The Kier molecular flexibility index (Phi) is 7.40. The van der Waals surface area contributed by atoms with Crippen molar-refractivity contribution in [1.29, 1.82) is 0 Å². The lowest BCUT2D eigenvalue weighted by Gasteiger charge is -2.34. The molecule has 0 bridgehead atoms. The number of aromatic nitrogens is 1. The Labute approximate surface area is 229 Å². The van der Waals surface area contributed by atoms with Crippen LogP contribution >= 0.6 is 11.3 Å². The van der Waals surface area contributed by atoms with Crippen LogP contribution in [0.2, 0.25) is 0 Å². The lowest BCUT2D eigenvalue weighted by molar-refractivity contribution is 0.0985. The first-order chi connectivity index (χ1) is 18.1. The van der Waals surface area contributed by atoms with Crippen molar-refractivity contribution < 1.29 is 13.2 Å². The number of hydrogen-bond acceptors (Lipinski definition) is 5. The van der Waals surface area contributed by atoms with Crippen molar-refractivity contribution in [3.05, 3.63) is 89.0 Å². The van der Waals surface area contributed by atoms with E-state index in [1.165, 1.54) is 16.9 Å². The van der Waals surface area contributed by atoms with E-state index in [0.29, 0.717) is 42.2 Å². The van der Waals surface area contributed by atoms with E-state index < -0.39 is 10.0 Å². The van der Waals surface area contributed by atoms with Gasteiger partial charge in [0.05, 0.1) is 21.7 Å². The van der Waals surface area contributed by atoms with Gasteiger partial charge in [0.1, 0.15) is 0 Å². The van der Waals surface area contributed by atoms with Crippen molar-refractivity contribution in [3.63, 3.8) is 0 Å². The van der Waals surface area contributed by atoms with Gasteiger partial charge in [-0.15, -0.1) is 0 Å². The highest BCUT2D eigenvalue weighted by atomic mass is 32.2. The molecule has 1 saturated heterocycles. The Hall–Kier alpha value is -3.07. The van der Waals surface area contributed by atoms with Crippen molar-refractivity contribution in [1.82, 2.24) is 9.29 Å². The van der Waals surface area contributed by atoms with E-state index in [1.54, 1.807) is 33.5 Å². The van der Waals surface area contributed by atoms with Crippen LogP contribution in [-0.4, -0.2) is 36.7 Å². The van der Waals surface area contributed by atoms with Gasteiger partial charge in [0.15, 0.2) is 5.13 Å². The molecule has 1 aromatic heterocycles. The molecule has 2 atom stereocenters. The molecule has 0 saturated carbocycles.